The van der Waals surface area contributed by atoms with Gasteiger partial charge in [-0.25, -0.2) is 0 Å². The zero-order valence-corrected chi connectivity index (χ0v) is 9.24. The van der Waals surface area contributed by atoms with Gasteiger partial charge in [-0.2, -0.15) is 15.8 Å². The molecule has 0 aliphatic carbocycles. The number of benzene rings is 1. The minimum atomic E-state index is -0.153. The molecule has 1 rings (SSSR count). The second-order valence-corrected chi connectivity index (χ2v) is 3.54. The highest BCUT2D eigenvalue weighted by atomic mass is 35.5. The quantitative estimate of drug-likeness (QED) is 0.669. The van der Waals surface area contributed by atoms with Crippen molar-refractivity contribution in [3.63, 3.8) is 0 Å². The molecule has 0 aliphatic rings. The van der Waals surface area contributed by atoms with Crippen LogP contribution < -0.4 is 0 Å². The van der Waals surface area contributed by atoms with E-state index >= 15 is 0 Å². The molecule has 72 valence electrons. The summed E-state index contributed by atoms with van der Waals surface area (Å²) in [6.45, 7) is 0. The Bertz CT molecular complexity index is 517. The maximum atomic E-state index is 8.79. The minimum absolute atomic E-state index is 0.0922. The van der Waals surface area contributed by atoms with E-state index in [1.165, 1.54) is 0 Å². The average Bonchev–Trinajstić information content (AvgIpc) is 2.25. The van der Waals surface area contributed by atoms with Crippen LogP contribution in [0.15, 0.2) is 0 Å². The maximum absolute atomic E-state index is 8.79. The summed E-state index contributed by atoms with van der Waals surface area (Å²) in [7, 11) is 0. The van der Waals surface area contributed by atoms with Crippen LogP contribution in [0.2, 0.25) is 15.1 Å². The van der Waals surface area contributed by atoms with Gasteiger partial charge in [0, 0.05) is 0 Å². The van der Waals surface area contributed by atoms with Crippen molar-refractivity contribution >= 4 is 34.8 Å². The number of halogens is 3. The summed E-state index contributed by atoms with van der Waals surface area (Å²) in [4.78, 5) is 0. The second kappa shape index (κ2) is 4.39. The van der Waals surface area contributed by atoms with Crippen LogP contribution in [0.1, 0.15) is 16.7 Å². The van der Waals surface area contributed by atoms with Crippen molar-refractivity contribution in [1.29, 1.82) is 15.8 Å². The van der Waals surface area contributed by atoms with Crippen LogP contribution in [0.25, 0.3) is 0 Å². The van der Waals surface area contributed by atoms with Gasteiger partial charge in [0.05, 0.1) is 31.8 Å². The minimum Gasteiger partial charge on any atom is -0.192 e. The molecule has 0 N–H and O–H groups in total. The first-order chi connectivity index (χ1) is 7.08. The van der Waals surface area contributed by atoms with Crippen molar-refractivity contribution in [2.24, 2.45) is 0 Å². The number of rotatable bonds is 0. The van der Waals surface area contributed by atoms with Gasteiger partial charge in [0.15, 0.2) is 0 Å². The Balaban J connectivity index is 3.90. The van der Waals surface area contributed by atoms with E-state index in [9.17, 15) is 0 Å². The van der Waals surface area contributed by atoms with Crippen LogP contribution in [0.5, 0.6) is 0 Å². The number of hydrogen-bond acceptors (Lipinski definition) is 3. The highest BCUT2D eigenvalue weighted by Gasteiger charge is 2.20. The molecule has 0 fully saturated rings. The molecular weight excluding hydrogens is 256 g/mol. The zero-order chi connectivity index (χ0) is 11.6. The van der Waals surface area contributed by atoms with E-state index in [1.807, 2.05) is 0 Å². The number of nitrogens with zero attached hydrogens (tertiary/aromatic N) is 3. The van der Waals surface area contributed by atoms with Crippen LogP contribution in [0.4, 0.5) is 0 Å². The largest absolute Gasteiger partial charge is 0.192 e. The lowest BCUT2D eigenvalue weighted by molar-refractivity contribution is 1.39. The molecule has 0 spiro atoms. The zero-order valence-electron chi connectivity index (χ0n) is 6.98. The van der Waals surface area contributed by atoms with Gasteiger partial charge in [-0.15, -0.1) is 0 Å². The Hall–Kier alpha value is -1.44. The molecule has 0 radical (unpaired) electrons. The Morgan fingerprint density at radius 2 is 0.933 bits per heavy atom. The molecule has 15 heavy (non-hydrogen) atoms. The lowest BCUT2D eigenvalue weighted by Gasteiger charge is -2.05. The van der Waals surface area contributed by atoms with Crippen molar-refractivity contribution in [3.8, 4) is 18.2 Å². The standard InChI is InChI=1S/C9Cl3N3/c10-7-5(2-14)4(1-13)6(3-15)8(11)9(7)12. The van der Waals surface area contributed by atoms with Crippen molar-refractivity contribution < 1.29 is 0 Å². The van der Waals surface area contributed by atoms with E-state index in [0.29, 0.717) is 0 Å². The van der Waals surface area contributed by atoms with Gasteiger partial charge in [0.25, 0.3) is 0 Å². The molecule has 0 amide bonds. The summed E-state index contributed by atoms with van der Waals surface area (Å²) < 4.78 is 0. The van der Waals surface area contributed by atoms with Gasteiger partial charge in [0.2, 0.25) is 0 Å². The fourth-order valence-corrected chi connectivity index (χ4v) is 1.68. The monoisotopic (exact) mass is 255 g/mol. The SMILES string of the molecule is N#Cc1c(Cl)c(Cl)c(Cl)c(C#N)c1C#N. The molecule has 0 heterocycles. The smallest absolute Gasteiger partial charge is 0.102 e. The van der Waals surface area contributed by atoms with Crippen molar-refractivity contribution in [2.45, 2.75) is 0 Å². The van der Waals surface area contributed by atoms with Gasteiger partial charge in [-0.3, -0.25) is 0 Å². The summed E-state index contributed by atoms with van der Waals surface area (Å²) in [5.41, 5.74) is -0.422. The molecule has 0 aliphatic heterocycles. The van der Waals surface area contributed by atoms with E-state index in [1.54, 1.807) is 18.2 Å². The van der Waals surface area contributed by atoms with Gasteiger partial charge in [-0.1, -0.05) is 34.8 Å². The average molecular weight is 256 g/mol. The number of nitriles is 3. The number of hydrogen-bond donors (Lipinski definition) is 0. The Labute approximate surface area is 101 Å². The van der Waals surface area contributed by atoms with E-state index in [0.717, 1.165) is 0 Å². The molecule has 0 aromatic heterocycles. The Kier molecular flexibility index (Phi) is 3.40. The normalized spacial score (nSPS) is 8.80. The predicted octanol–water partition coefficient (Wildman–Crippen LogP) is 3.26. The van der Waals surface area contributed by atoms with Crippen LogP contribution >= 0.6 is 34.8 Å². The molecule has 0 atom stereocenters. The third-order valence-electron chi connectivity index (χ3n) is 1.66. The fourth-order valence-electron chi connectivity index (χ4n) is 0.982. The molecule has 0 bridgehead atoms. The molecule has 3 nitrogen and oxygen atoms in total. The van der Waals surface area contributed by atoms with E-state index in [2.05, 4.69) is 0 Å². The molecule has 0 saturated heterocycles. The summed E-state index contributed by atoms with van der Waals surface area (Å²) in [5.74, 6) is 0. The van der Waals surface area contributed by atoms with Crippen molar-refractivity contribution in [2.75, 3.05) is 0 Å². The van der Waals surface area contributed by atoms with Gasteiger partial charge < -0.3 is 0 Å². The van der Waals surface area contributed by atoms with E-state index in [4.69, 9.17) is 50.6 Å². The fraction of sp³-hybridized carbons (Fsp3) is 0. The highest BCUT2D eigenvalue weighted by molar-refractivity contribution is 6.49. The summed E-state index contributed by atoms with van der Waals surface area (Å²) in [6.07, 6.45) is 0. The lowest BCUT2D eigenvalue weighted by Crippen LogP contribution is -1.94. The first-order valence-corrected chi connectivity index (χ1v) is 4.62. The Morgan fingerprint density at radius 3 is 1.20 bits per heavy atom. The summed E-state index contributed by atoms with van der Waals surface area (Å²) >= 11 is 17.1. The van der Waals surface area contributed by atoms with Gasteiger partial charge in [-0.05, 0) is 0 Å². The topological polar surface area (TPSA) is 71.4 Å². The molecular formula is C9Cl3N3. The Morgan fingerprint density at radius 1 is 0.600 bits per heavy atom. The van der Waals surface area contributed by atoms with Crippen LogP contribution in [-0.4, -0.2) is 0 Å². The first kappa shape index (κ1) is 11.6. The molecule has 1 aromatic carbocycles. The van der Waals surface area contributed by atoms with Crippen LogP contribution in [0, 0.1) is 34.0 Å². The molecule has 0 unspecified atom stereocenters. The third kappa shape index (κ3) is 1.72. The van der Waals surface area contributed by atoms with Crippen LogP contribution in [0.3, 0.4) is 0 Å². The van der Waals surface area contributed by atoms with Crippen molar-refractivity contribution in [1.82, 2.24) is 0 Å². The summed E-state index contributed by atoms with van der Waals surface area (Å²) in [6, 6.07) is 5.12. The second-order valence-electron chi connectivity index (χ2n) is 2.40. The lowest BCUT2D eigenvalue weighted by atomic mass is 10.0. The van der Waals surface area contributed by atoms with Gasteiger partial charge in [0.1, 0.15) is 18.2 Å². The van der Waals surface area contributed by atoms with E-state index < -0.39 is 0 Å². The van der Waals surface area contributed by atoms with Crippen molar-refractivity contribution in [3.05, 3.63) is 31.8 Å². The molecule has 6 heteroatoms. The molecule has 0 saturated carbocycles. The van der Waals surface area contributed by atoms with Crippen LogP contribution in [-0.2, 0) is 0 Å². The maximum Gasteiger partial charge on any atom is 0.102 e. The predicted molar refractivity (Wildman–Crippen MR) is 55.6 cm³/mol. The highest BCUT2D eigenvalue weighted by Crippen LogP contribution is 2.37. The van der Waals surface area contributed by atoms with E-state index in [-0.39, 0.29) is 31.8 Å². The third-order valence-corrected chi connectivity index (χ3v) is 2.99. The first-order valence-electron chi connectivity index (χ1n) is 3.49. The van der Waals surface area contributed by atoms with Gasteiger partial charge >= 0.3 is 0 Å². The summed E-state index contributed by atoms with van der Waals surface area (Å²) in [5, 5.41) is 26.0. The molecule has 1 aromatic rings.